The summed E-state index contributed by atoms with van der Waals surface area (Å²) in [5.41, 5.74) is 1.13. The van der Waals surface area contributed by atoms with E-state index in [2.05, 4.69) is 5.32 Å². The second kappa shape index (κ2) is 10.1. The van der Waals surface area contributed by atoms with Crippen molar-refractivity contribution in [1.82, 2.24) is 9.29 Å². The Kier molecular flexibility index (Phi) is 7.14. The molecule has 2 amide bonds. The first-order valence-corrected chi connectivity index (χ1v) is 14.1. The zero-order chi connectivity index (χ0) is 26.8. The van der Waals surface area contributed by atoms with Crippen molar-refractivity contribution in [3.8, 4) is 0 Å². The number of anilines is 1. The molecule has 37 heavy (non-hydrogen) atoms. The number of nitrogens with one attached hydrogen (secondary N) is 2. The lowest BCUT2D eigenvalue weighted by Gasteiger charge is -2.09. The van der Waals surface area contributed by atoms with Gasteiger partial charge in [0.25, 0.3) is 10.0 Å². The largest absolute Gasteiger partial charge is 0.337 e. The molecule has 0 saturated carbocycles. The van der Waals surface area contributed by atoms with E-state index < -0.39 is 43.2 Å². The summed E-state index contributed by atoms with van der Waals surface area (Å²) in [4.78, 5) is 23.7. The van der Waals surface area contributed by atoms with E-state index in [0.717, 1.165) is 13.0 Å². The minimum Gasteiger partial charge on any atom is -0.337 e. The summed E-state index contributed by atoms with van der Waals surface area (Å²) in [6, 6.07) is 17.3. The van der Waals surface area contributed by atoms with Crippen LogP contribution in [0.3, 0.4) is 0 Å². The van der Waals surface area contributed by atoms with E-state index in [1.165, 1.54) is 53.2 Å². The molecule has 4 rings (SSSR count). The molecule has 192 valence electrons. The van der Waals surface area contributed by atoms with Crippen molar-refractivity contribution in [3.63, 3.8) is 0 Å². The zero-order valence-corrected chi connectivity index (χ0v) is 21.1. The Morgan fingerprint density at radius 3 is 2.30 bits per heavy atom. The van der Waals surface area contributed by atoms with Crippen LogP contribution in [0.1, 0.15) is 12.5 Å². The molecular formula is C25H22FN3O6S2. The number of sulfonamides is 1. The number of halogens is 1. The van der Waals surface area contributed by atoms with Gasteiger partial charge in [0, 0.05) is 29.7 Å². The smallest absolute Gasteiger partial charge is 0.264 e. The molecule has 0 fully saturated rings. The maximum atomic E-state index is 13.6. The predicted molar refractivity (Wildman–Crippen MR) is 135 cm³/mol. The molecule has 0 atom stereocenters. The molecule has 0 aliphatic carbocycles. The molecule has 3 aromatic carbocycles. The summed E-state index contributed by atoms with van der Waals surface area (Å²) in [6.07, 6.45) is 1.38. The van der Waals surface area contributed by atoms with Crippen LogP contribution in [0.25, 0.3) is 10.9 Å². The van der Waals surface area contributed by atoms with Gasteiger partial charge in [-0.1, -0.05) is 30.3 Å². The highest BCUT2D eigenvalue weighted by molar-refractivity contribution is 7.91. The average molecular weight is 544 g/mol. The van der Waals surface area contributed by atoms with Crippen LogP contribution >= 0.6 is 0 Å². The van der Waals surface area contributed by atoms with Gasteiger partial charge in [-0.25, -0.2) is 25.9 Å². The fraction of sp³-hybridized carbons (Fsp3) is 0.120. The van der Waals surface area contributed by atoms with Gasteiger partial charge in [0.05, 0.1) is 15.5 Å². The molecule has 9 nitrogen and oxygen atoms in total. The predicted octanol–water partition coefficient (Wildman–Crippen LogP) is 3.22. The van der Waals surface area contributed by atoms with Crippen LogP contribution in [0.2, 0.25) is 0 Å². The van der Waals surface area contributed by atoms with Crippen molar-refractivity contribution >= 4 is 48.3 Å². The maximum absolute atomic E-state index is 13.6. The number of nitrogens with zero attached hydrogens (tertiary/aromatic N) is 1. The van der Waals surface area contributed by atoms with Crippen LogP contribution in [-0.2, 0) is 41.7 Å². The SMILES string of the molecule is CC(=O)NS(=O)(=O)c1ccc(NC(=O)Cn2cc(S(=O)(=O)Cc3cccc(F)c3)c3ccccc32)cc1. The third kappa shape index (κ3) is 6.04. The van der Waals surface area contributed by atoms with Crippen molar-refractivity contribution in [3.05, 3.63) is 90.4 Å². The summed E-state index contributed by atoms with van der Waals surface area (Å²) in [7, 11) is -7.87. The average Bonchev–Trinajstić information content (AvgIpc) is 3.18. The number of hydrogen-bond acceptors (Lipinski definition) is 6. The molecule has 4 aromatic rings. The van der Waals surface area contributed by atoms with Gasteiger partial charge in [0.1, 0.15) is 12.4 Å². The molecule has 0 bridgehead atoms. The van der Waals surface area contributed by atoms with E-state index in [9.17, 15) is 30.8 Å². The van der Waals surface area contributed by atoms with Gasteiger partial charge < -0.3 is 9.88 Å². The van der Waals surface area contributed by atoms with Gasteiger partial charge >= 0.3 is 0 Å². The fourth-order valence-corrected chi connectivity index (χ4v) is 6.40. The molecule has 1 heterocycles. The second-order valence-electron chi connectivity index (χ2n) is 8.26. The third-order valence-electron chi connectivity index (χ3n) is 5.37. The normalized spacial score (nSPS) is 11.8. The highest BCUT2D eigenvalue weighted by Crippen LogP contribution is 2.28. The van der Waals surface area contributed by atoms with Crippen molar-refractivity contribution in [1.29, 1.82) is 0 Å². The fourth-order valence-electron chi connectivity index (χ4n) is 3.84. The van der Waals surface area contributed by atoms with Crippen LogP contribution in [0.4, 0.5) is 10.1 Å². The van der Waals surface area contributed by atoms with Crippen LogP contribution in [-0.4, -0.2) is 33.2 Å². The van der Waals surface area contributed by atoms with E-state index in [1.807, 2.05) is 4.72 Å². The number of sulfone groups is 1. The Morgan fingerprint density at radius 2 is 1.62 bits per heavy atom. The molecule has 0 saturated heterocycles. The number of carbonyl (C=O) groups excluding carboxylic acids is 2. The minimum absolute atomic E-state index is 0.0210. The lowest BCUT2D eigenvalue weighted by molar-refractivity contribution is -0.117. The highest BCUT2D eigenvalue weighted by Gasteiger charge is 2.23. The molecule has 2 N–H and O–H groups in total. The molecule has 0 unspecified atom stereocenters. The number of carbonyl (C=O) groups is 2. The molecule has 0 aliphatic rings. The van der Waals surface area contributed by atoms with E-state index in [4.69, 9.17) is 0 Å². The Balaban J connectivity index is 1.55. The van der Waals surface area contributed by atoms with Crippen LogP contribution < -0.4 is 10.0 Å². The molecule has 12 heteroatoms. The first-order valence-electron chi connectivity index (χ1n) is 10.9. The Labute approximate surface area is 212 Å². The summed E-state index contributed by atoms with van der Waals surface area (Å²) in [5, 5.41) is 3.07. The monoisotopic (exact) mass is 543 g/mol. The Bertz CT molecular complexity index is 1710. The number of amides is 2. The highest BCUT2D eigenvalue weighted by atomic mass is 32.2. The van der Waals surface area contributed by atoms with Crippen LogP contribution in [0.15, 0.2) is 88.8 Å². The van der Waals surface area contributed by atoms with Crippen molar-refractivity contribution in [2.75, 3.05) is 5.32 Å². The van der Waals surface area contributed by atoms with Crippen molar-refractivity contribution < 1.29 is 30.8 Å². The number of rotatable bonds is 8. The quantitative estimate of drug-likeness (QED) is 0.351. The van der Waals surface area contributed by atoms with Crippen molar-refractivity contribution in [2.45, 2.75) is 29.0 Å². The minimum atomic E-state index is -4.01. The first kappa shape index (κ1) is 26.0. The van der Waals surface area contributed by atoms with Crippen LogP contribution in [0.5, 0.6) is 0 Å². The number of hydrogen-bond donors (Lipinski definition) is 2. The Hall–Kier alpha value is -4.03. The summed E-state index contributed by atoms with van der Waals surface area (Å²) in [6.45, 7) is 0.858. The van der Waals surface area contributed by atoms with Crippen LogP contribution in [0, 0.1) is 5.82 Å². The third-order valence-corrected chi connectivity index (χ3v) is 8.53. The van der Waals surface area contributed by atoms with Gasteiger partial charge in [-0.3, -0.25) is 9.59 Å². The van der Waals surface area contributed by atoms with E-state index in [1.54, 1.807) is 24.3 Å². The van der Waals surface area contributed by atoms with Gasteiger partial charge in [-0.15, -0.1) is 0 Å². The Morgan fingerprint density at radius 1 is 0.919 bits per heavy atom. The lowest BCUT2D eigenvalue weighted by Crippen LogP contribution is -2.28. The second-order valence-corrected chi connectivity index (χ2v) is 11.9. The van der Waals surface area contributed by atoms with Gasteiger partial charge in [-0.2, -0.15) is 0 Å². The number of para-hydroxylation sites is 1. The molecular weight excluding hydrogens is 521 g/mol. The molecule has 0 spiro atoms. The summed E-state index contributed by atoms with van der Waals surface area (Å²) in [5.74, 6) is -2.15. The number of aromatic nitrogens is 1. The van der Waals surface area contributed by atoms with E-state index in [0.29, 0.717) is 22.2 Å². The zero-order valence-electron chi connectivity index (χ0n) is 19.5. The van der Waals surface area contributed by atoms with Gasteiger partial charge in [0.15, 0.2) is 9.84 Å². The van der Waals surface area contributed by atoms with E-state index >= 15 is 0 Å². The molecule has 0 aliphatic heterocycles. The number of fused-ring (bicyclic) bond motifs is 1. The standard InChI is InChI=1S/C25H22FN3O6S2/c1-17(30)28-37(34,35)21-11-9-20(10-12-21)27-25(31)15-29-14-24(22-7-2-3-8-23(22)29)36(32,33)16-18-5-4-6-19(26)13-18/h2-14H,15-16H2,1H3,(H,27,31)(H,28,30). The van der Waals surface area contributed by atoms with E-state index in [-0.39, 0.29) is 16.3 Å². The summed E-state index contributed by atoms with van der Waals surface area (Å²) < 4.78 is 67.4. The number of benzene rings is 3. The van der Waals surface area contributed by atoms with Crippen molar-refractivity contribution in [2.24, 2.45) is 0 Å². The molecule has 1 aromatic heterocycles. The topological polar surface area (TPSA) is 131 Å². The summed E-state index contributed by atoms with van der Waals surface area (Å²) >= 11 is 0. The van der Waals surface area contributed by atoms with Gasteiger partial charge in [0.2, 0.25) is 11.8 Å². The molecule has 0 radical (unpaired) electrons. The first-order chi connectivity index (χ1) is 17.4. The van der Waals surface area contributed by atoms with Gasteiger partial charge in [-0.05, 0) is 48.0 Å². The maximum Gasteiger partial charge on any atom is 0.264 e. The lowest BCUT2D eigenvalue weighted by atomic mass is 10.2.